The standard InChI is InChI=1S/C8H7FN4O/c9-13-4-11-7-5(8(10)12-14)2-1-3-6(7)13/h1-4,14H,(H2,10,12). The molecular weight excluding hydrogens is 187 g/mol. The third-order valence-electron chi connectivity index (χ3n) is 1.92. The largest absolute Gasteiger partial charge is 0.409 e. The number of benzene rings is 1. The van der Waals surface area contributed by atoms with E-state index in [2.05, 4.69) is 10.1 Å². The number of rotatable bonds is 1. The molecule has 0 radical (unpaired) electrons. The predicted molar refractivity (Wildman–Crippen MR) is 48.7 cm³/mol. The molecule has 2 rings (SSSR count). The molecule has 0 aliphatic carbocycles. The van der Waals surface area contributed by atoms with E-state index in [4.69, 9.17) is 10.9 Å². The average molecular weight is 194 g/mol. The topological polar surface area (TPSA) is 76.4 Å². The summed E-state index contributed by atoms with van der Waals surface area (Å²) in [6, 6.07) is 4.76. The highest BCUT2D eigenvalue weighted by atomic mass is 19.2. The van der Waals surface area contributed by atoms with Crippen LogP contribution in [0.1, 0.15) is 5.56 Å². The van der Waals surface area contributed by atoms with E-state index in [1.807, 2.05) is 0 Å². The number of amidine groups is 1. The van der Waals surface area contributed by atoms with Gasteiger partial charge in [0.25, 0.3) is 0 Å². The van der Waals surface area contributed by atoms with Crippen LogP contribution in [0.5, 0.6) is 0 Å². The zero-order valence-electron chi connectivity index (χ0n) is 7.05. The first-order chi connectivity index (χ1) is 6.74. The fourth-order valence-electron chi connectivity index (χ4n) is 1.27. The molecule has 72 valence electrons. The van der Waals surface area contributed by atoms with Crippen molar-refractivity contribution >= 4 is 16.9 Å². The van der Waals surface area contributed by atoms with Crippen LogP contribution >= 0.6 is 0 Å². The summed E-state index contributed by atoms with van der Waals surface area (Å²) in [6.45, 7) is 0. The molecule has 0 bridgehead atoms. The van der Waals surface area contributed by atoms with Crippen molar-refractivity contribution in [2.75, 3.05) is 0 Å². The first-order valence-electron chi connectivity index (χ1n) is 3.84. The van der Waals surface area contributed by atoms with Gasteiger partial charge in [0.1, 0.15) is 17.4 Å². The molecule has 0 unspecified atom stereocenters. The SMILES string of the molecule is NC(=NO)c1cccc2c1ncn2F. The quantitative estimate of drug-likeness (QED) is 0.306. The van der Waals surface area contributed by atoms with Crippen molar-refractivity contribution in [1.82, 2.24) is 9.77 Å². The van der Waals surface area contributed by atoms with Crippen molar-refractivity contribution < 1.29 is 9.69 Å². The molecule has 0 aliphatic heterocycles. The molecule has 1 aromatic heterocycles. The molecule has 5 nitrogen and oxygen atoms in total. The highest BCUT2D eigenvalue weighted by Gasteiger charge is 2.09. The molecule has 0 atom stereocenters. The summed E-state index contributed by atoms with van der Waals surface area (Å²) in [7, 11) is 0. The van der Waals surface area contributed by atoms with E-state index in [1.54, 1.807) is 18.2 Å². The van der Waals surface area contributed by atoms with Gasteiger partial charge in [-0.25, -0.2) is 4.98 Å². The number of nitrogens with zero attached hydrogens (tertiary/aromatic N) is 3. The first-order valence-corrected chi connectivity index (χ1v) is 3.84. The summed E-state index contributed by atoms with van der Waals surface area (Å²) in [5.74, 6) is -0.0886. The minimum atomic E-state index is -0.0886. The first kappa shape index (κ1) is 8.49. The smallest absolute Gasteiger partial charge is 0.172 e. The lowest BCUT2D eigenvalue weighted by atomic mass is 10.2. The Morgan fingerprint density at radius 2 is 2.36 bits per heavy atom. The van der Waals surface area contributed by atoms with E-state index < -0.39 is 0 Å². The molecule has 0 saturated heterocycles. The lowest BCUT2D eigenvalue weighted by Crippen LogP contribution is -2.13. The number of para-hydroxylation sites is 1. The molecule has 2 aromatic rings. The second kappa shape index (κ2) is 2.99. The zero-order chi connectivity index (χ0) is 10.1. The predicted octanol–water partition coefficient (Wildman–Crippen LogP) is 0.863. The molecule has 0 aliphatic rings. The van der Waals surface area contributed by atoms with E-state index in [-0.39, 0.29) is 11.4 Å². The Kier molecular flexibility index (Phi) is 1.81. The highest BCUT2D eigenvalue weighted by molar-refractivity contribution is 6.06. The molecule has 0 amide bonds. The van der Waals surface area contributed by atoms with Gasteiger partial charge in [0.15, 0.2) is 5.84 Å². The van der Waals surface area contributed by atoms with Crippen LogP contribution in [0.2, 0.25) is 0 Å². The Balaban J connectivity index is 2.78. The number of nitrogens with two attached hydrogens (primary N) is 1. The normalized spacial score (nSPS) is 12.2. The van der Waals surface area contributed by atoms with E-state index >= 15 is 0 Å². The van der Waals surface area contributed by atoms with Gasteiger partial charge in [-0.3, -0.25) is 0 Å². The van der Waals surface area contributed by atoms with Gasteiger partial charge >= 0.3 is 0 Å². The van der Waals surface area contributed by atoms with E-state index in [9.17, 15) is 4.48 Å². The number of fused-ring (bicyclic) bond motifs is 1. The Morgan fingerprint density at radius 3 is 3.07 bits per heavy atom. The fraction of sp³-hybridized carbons (Fsp3) is 0. The number of halogens is 1. The number of oxime groups is 1. The van der Waals surface area contributed by atoms with Crippen LogP contribution in [0.25, 0.3) is 11.0 Å². The third kappa shape index (κ3) is 1.08. The summed E-state index contributed by atoms with van der Waals surface area (Å²) in [5.41, 5.74) is 6.45. The average Bonchev–Trinajstić information content (AvgIpc) is 2.59. The molecule has 1 heterocycles. The maximum Gasteiger partial charge on any atom is 0.172 e. The Bertz CT molecular complexity index is 505. The van der Waals surface area contributed by atoms with Crippen LogP contribution in [0, 0.1) is 0 Å². The zero-order valence-corrected chi connectivity index (χ0v) is 7.05. The second-order valence-corrected chi connectivity index (χ2v) is 2.71. The fourth-order valence-corrected chi connectivity index (χ4v) is 1.27. The summed E-state index contributed by atoms with van der Waals surface area (Å²) >= 11 is 0. The van der Waals surface area contributed by atoms with Gasteiger partial charge < -0.3 is 10.9 Å². The molecule has 6 heteroatoms. The van der Waals surface area contributed by atoms with Crippen molar-refractivity contribution in [3.05, 3.63) is 30.1 Å². The number of imidazole rings is 1. The summed E-state index contributed by atoms with van der Waals surface area (Å²) < 4.78 is 13.0. The van der Waals surface area contributed by atoms with Crippen molar-refractivity contribution in [3.8, 4) is 0 Å². The summed E-state index contributed by atoms with van der Waals surface area (Å²) in [5, 5.41) is 11.3. The minimum absolute atomic E-state index is 0.0886. The summed E-state index contributed by atoms with van der Waals surface area (Å²) in [6.07, 6.45) is 1.03. The van der Waals surface area contributed by atoms with Crippen LogP contribution in [-0.2, 0) is 0 Å². The second-order valence-electron chi connectivity index (χ2n) is 2.71. The third-order valence-corrected chi connectivity index (χ3v) is 1.92. The van der Waals surface area contributed by atoms with E-state index in [0.717, 1.165) is 6.33 Å². The number of hydrogen-bond acceptors (Lipinski definition) is 3. The van der Waals surface area contributed by atoms with Crippen molar-refractivity contribution in [2.24, 2.45) is 10.9 Å². The lowest BCUT2D eigenvalue weighted by Gasteiger charge is -1.98. The van der Waals surface area contributed by atoms with Crippen molar-refractivity contribution in [1.29, 1.82) is 0 Å². The van der Waals surface area contributed by atoms with Gasteiger partial charge in [-0.1, -0.05) is 15.7 Å². The van der Waals surface area contributed by atoms with Gasteiger partial charge in [0, 0.05) is 5.56 Å². The van der Waals surface area contributed by atoms with Crippen molar-refractivity contribution in [3.63, 3.8) is 0 Å². The Morgan fingerprint density at radius 1 is 1.57 bits per heavy atom. The van der Waals surface area contributed by atoms with Crippen LogP contribution in [0.15, 0.2) is 29.7 Å². The van der Waals surface area contributed by atoms with Crippen LogP contribution in [-0.4, -0.2) is 20.8 Å². The van der Waals surface area contributed by atoms with E-state index in [1.165, 1.54) is 0 Å². The van der Waals surface area contributed by atoms with Crippen LogP contribution in [0.4, 0.5) is 4.48 Å². The Hall–Kier alpha value is -2.11. The lowest BCUT2D eigenvalue weighted by molar-refractivity contribution is 0.318. The highest BCUT2D eigenvalue weighted by Crippen LogP contribution is 2.16. The van der Waals surface area contributed by atoms with Crippen LogP contribution in [0.3, 0.4) is 0 Å². The molecule has 0 fully saturated rings. The van der Waals surface area contributed by atoms with Gasteiger partial charge in [-0.15, -0.1) is 0 Å². The maximum absolute atomic E-state index is 13.0. The van der Waals surface area contributed by atoms with Gasteiger partial charge in [-0.05, 0) is 12.1 Å². The van der Waals surface area contributed by atoms with Crippen molar-refractivity contribution in [2.45, 2.75) is 0 Å². The summed E-state index contributed by atoms with van der Waals surface area (Å²) in [4.78, 5) is 4.18. The molecule has 0 spiro atoms. The van der Waals surface area contributed by atoms with Gasteiger partial charge in [0.2, 0.25) is 0 Å². The molecule has 1 aromatic carbocycles. The monoisotopic (exact) mass is 194 g/mol. The number of hydrogen-bond donors (Lipinski definition) is 2. The molecular formula is C8H7FN4O. The minimum Gasteiger partial charge on any atom is -0.409 e. The Labute approximate surface area is 78.2 Å². The van der Waals surface area contributed by atoms with Gasteiger partial charge in [0.05, 0.1) is 0 Å². The maximum atomic E-state index is 13.0. The number of aromatic nitrogens is 2. The van der Waals surface area contributed by atoms with Gasteiger partial charge in [-0.2, -0.15) is 4.79 Å². The molecule has 3 N–H and O–H groups in total. The van der Waals surface area contributed by atoms with Crippen LogP contribution < -0.4 is 5.73 Å². The van der Waals surface area contributed by atoms with E-state index in [0.29, 0.717) is 15.9 Å². The molecule has 0 saturated carbocycles. The molecule has 14 heavy (non-hydrogen) atoms.